The van der Waals surface area contributed by atoms with E-state index in [0.29, 0.717) is 23.8 Å². The highest BCUT2D eigenvalue weighted by Gasteiger charge is 2.40. The first-order valence-electron chi connectivity index (χ1n) is 11.4. The fourth-order valence-corrected chi connectivity index (χ4v) is 6.29. The predicted octanol–water partition coefficient (Wildman–Crippen LogP) is 4.15. The van der Waals surface area contributed by atoms with E-state index in [2.05, 4.69) is 11.8 Å². The molecule has 2 aliphatic heterocycles. The van der Waals surface area contributed by atoms with E-state index in [4.69, 9.17) is 26.4 Å². The Morgan fingerprint density at radius 2 is 1.69 bits per heavy atom. The van der Waals surface area contributed by atoms with E-state index in [1.165, 1.54) is 24.8 Å². The zero-order valence-electron chi connectivity index (χ0n) is 19.9. The molecule has 3 aromatic carbocycles. The summed E-state index contributed by atoms with van der Waals surface area (Å²) in [5.41, 5.74) is 4.16. The standard InChI is InChI=1S/C26H26BNO6S/c1-16-19-9-10-22(31-2)26(34-35(29,30)18-7-5-4-6-8-18)21(19)15-28-12-11-17-13-23(32-3)24(33-27)14-20(17)25(16)28/h4-10,13-14,16,25H,11-12,15H2,1-3H3. The first-order chi connectivity index (χ1) is 16.9. The summed E-state index contributed by atoms with van der Waals surface area (Å²) in [6.07, 6.45) is 0.817. The van der Waals surface area contributed by atoms with Gasteiger partial charge in [-0.15, -0.1) is 0 Å². The Bertz CT molecular complexity index is 1360. The second-order valence-electron chi connectivity index (χ2n) is 8.79. The molecule has 3 aromatic rings. The first-order valence-corrected chi connectivity index (χ1v) is 12.8. The Kier molecular flexibility index (Phi) is 6.15. The molecule has 0 amide bonds. The van der Waals surface area contributed by atoms with Crippen molar-refractivity contribution >= 4 is 18.2 Å². The third kappa shape index (κ3) is 4.02. The summed E-state index contributed by atoms with van der Waals surface area (Å²) in [5.74, 6) is 1.76. The lowest BCUT2D eigenvalue weighted by Gasteiger charge is -2.45. The average molecular weight is 491 g/mol. The van der Waals surface area contributed by atoms with Gasteiger partial charge in [0.25, 0.3) is 0 Å². The predicted molar refractivity (Wildman–Crippen MR) is 132 cm³/mol. The van der Waals surface area contributed by atoms with Crippen molar-refractivity contribution in [2.45, 2.75) is 36.7 Å². The van der Waals surface area contributed by atoms with Crippen LogP contribution in [0, 0.1) is 0 Å². The zero-order chi connectivity index (χ0) is 24.7. The Balaban J connectivity index is 1.59. The van der Waals surface area contributed by atoms with Crippen LogP contribution in [0.4, 0.5) is 0 Å². The van der Waals surface area contributed by atoms with E-state index in [9.17, 15) is 8.42 Å². The Hall–Kier alpha value is -3.17. The molecule has 0 aliphatic carbocycles. The number of fused-ring (bicyclic) bond motifs is 4. The summed E-state index contributed by atoms with van der Waals surface area (Å²) >= 11 is 0. The Morgan fingerprint density at radius 1 is 0.943 bits per heavy atom. The van der Waals surface area contributed by atoms with Crippen molar-refractivity contribution in [1.82, 2.24) is 4.90 Å². The van der Waals surface area contributed by atoms with E-state index < -0.39 is 10.1 Å². The van der Waals surface area contributed by atoms with Crippen molar-refractivity contribution in [3.63, 3.8) is 0 Å². The topological polar surface area (TPSA) is 74.3 Å². The zero-order valence-corrected chi connectivity index (χ0v) is 20.7. The minimum absolute atomic E-state index is 0.0458. The smallest absolute Gasteiger partial charge is 0.374 e. The van der Waals surface area contributed by atoms with E-state index in [-0.39, 0.29) is 22.6 Å². The molecule has 0 saturated carbocycles. The molecule has 35 heavy (non-hydrogen) atoms. The van der Waals surface area contributed by atoms with Crippen molar-refractivity contribution in [2.75, 3.05) is 20.8 Å². The normalized spacial score (nSPS) is 19.2. The summed E-state index contributed by atoms with van der Waals surface area (Å²) < 4.78 is 48.0. The molecule has 2 aliphatic rings. The van der Waals surface area contributed by atoms with E-state index in [1.54, 1.807) is 31.4 Å². The Morgan fingerprint density at radius 3 is 2.37 bits per heavy atom. The van der Waals surface area contributed by atoms with Crippen LogP contribution in [0.15, 0.2) is 59.5 Å². The second-order valence-corrected chi connectivity index (χ2v) is 10.3. The van der Waals surface area contributed by atoms with Gasteiger partial charge in [0.1, 0.15) is 10.6 Å². The number of benzene rings is 3. The van der Waals surface area contributed by atoms with Gasteiger partial charge in [0, 0.05) is 30.6 Å². The van der Waals surface area contributed by atoms with Crippen LogP contribution in [0.3, 0.4) is 0 Å². The largest absolute Gasteiger partial charge is 0.565 e. The van der Waals surface area contributed by atoms with Gasteiger partial charge >= 0.3 is 18.2 Å². The van der Waals surface area contributed by atoms with E-state index in [1.807, 2.05) is 18.2 Å². The van der Waals surface area contributed by atoms with Crippen LogP contribution >= 0.6 is 0 Å². The maximum atomic E-state index is 13.1. The van der Waals surface area contributed by atoms with Crippen LogP contribution < -0.4 is 18.3 Å². The molecule has 7 nitrogen and oxygen atoms in total. The van der Waals surface area contributed by atoms with Gasteiger partial charge in [-0.2, -0.15) is 8.42 Å². The van der Waals surface area contributed by atoms with Gasteiger partial charge in [0.15, 0.2) is 17.2 Å². The molecule has 2 radical (unpaired) electrons. The highest BCUT2D eigenvalue weighted by Crippen LogP contribution is 2.51. The third-order valence-corrected chi connectivity index (χ3v) is 8.20. The summed E-state index contributed by atoms with van der Waals surface area (Å²) in [5, 5.41) is 0. The number of ether oxygens (including phenoxy) is 2. The van der Waals surface area contributed by atoms with Crippen molar-refractivity contribution in [2.24, 2.45) is 0 Å². The van der Waals surface area contributed by atoms with Gasteiger partial charge < -0.3 is 18.3 Å². The van der Waals surface area contributed by atoms with Gasteiger partial charge in [-0.3, -0.25) is 4.90 Å². The van der Waals surface area contributed by atoms with Crippen LogP contribution in [0.5, 0.6) is 23.0 Å². The molecule has 2 atom stereocenters. The van der Waals surface area contributed by atoms with Crippen molar-refractivity contribution < 1.29 is 26.7 Å². The number of nitrogens with zero attached hydrogens (tertiary/aromatic N) is 1. The van der Waals surface area contributed by atoms with Gasteiger partial charge in [0.05, 0.1) is 14.2 Å². The fraction of sp³-hybridized carbons (Fsp3) is 0.308. The minimum Gasteiger partial charge on any atom is -0.565 e. The van der Waals surface area contributed by atoms with Crippen molar-refractivity contribution in [1.29, 1.82) is 0 Å². The maximum Gasteiger partial charge on any atom is 0.374 e. The van der Waals surface area contributed by atoms with Gasteiger partial charge in [-0.1, -0.05) is 31.2 Å². The van der Waals surface area contributed by atoms with E-state index in [0.717, 1.165) is 29.7 Å². The third-order valence-electron chi connectivity index (χ3n) is 6.96. The van der Waals surface area contributed by atoms with Gasteiger partial charge in [0.2, 0.25) is 0 Å². The number of hydrogen-bond acceptors (Lipinski definition) is 7. The lowest BCUT2D eigenvalue weighted by molar-refractivity contribution is 0.137. The molecule has 9 heteroatoms. The lowest BCUT2D eigenvalue weighted by Crippen LogP contribution is -2.41. The summed E-state index contributed by atoms with van der Waals surface area (Å²) in [6.45, 7) is 3.46. The minimum atomic E-state index is -4.03. The van der Waals surface area contributed by atoms with E-state index >= 15 is 0 Å². The molecule has 2 heterocycles. The average Bonchev–Trinajstić information content (AvgIpc) is 2.88. The molecular formula is C26H26BNO6S. The number of rotatable bonds is 6. The molecular weight excluding hydrogens is 465 g/mol. The molecule has 180 valence electrons. The van der Waals surface area contributed by atoms with Crippen LogP contribution in [0.2, 0.25) is 0 Å². The van der Waals surface area contributed by atoms with Crippen LogP contribution in [-0.2, 0) is 23.1 Å². The summed E-state index contributed by atoms with van der Waals surface area (Å²) in [6, 6.07) is 15.9. The molecule has 5 rings (SSSR count). The molecule has 0 fully saturated rings. The highest BCUT2D eigenvalue weighted by molar-refractivity contribution is 7.87. The monoisotopic (exact) mass is 491 g/mol. The van der Waals surface area contributed by atoms with Crippen LogP contribution in [-0.4, -0.2) is 42.1 Å². The lowest BCUT2D eigenvalue weighted by atomic mass is 9.77. The Labute approximate surface area is 207 Å². The molecule has 0 bridgehead atoms. The number of methoxy groups -OCH3 is 2. The fourth-order valence-electron chi connectivity index (χ4n) is 5.31. The van der Waals surface area contributed by atoms with Crippen LogP contribution in [0.1, 0.15) is 41.1 Å². The molecule has 0 aromatic heterocycles. The highest BCUT2D eigenvalue weighted by atomic mass is 32.2. The molecule has 0 N–H and O–H groups in total. The van der Waals surface area contributed by atoms with Crippen molar-refractivity contribution in [3.05, 3.63) is 76.9 Å². The SMILES string of the molecule is [B]Oc1cc2c(cc1OC)CCN1Cc3c(ccc(OC)c3OS(=O)(=O)c3ccccc3)C(C)C21. The van der Waals surface area contributed by atoms with Gasteiger partial charge in [-0.25, -0.2) is 0 Å². The van der Waals surface area contributed by atoms with Gasteiger partial charge in [-0.05, 0) is 53.4 Å². The molecule has 0 spiro atoms. The molecule has 0 saturated heterocycles. The van der Waals surface area contributed by atoms with Crippen molar-refractivity contribution in [3.8, 4) is 23.0 Å². The molecule has 2 unspecified atom stereocenters. The summed E-state index contributed by atoms with van der Waals surface area (Å²) in [4.78, 5) is 2.43. The second kappa shape index (κ2) is 9.13. The summed E-state index contributed by atoms with van der Waals surface area (Å²) in [7, 11) is 4.59. The van der Waals surface area contributed by atoms with Crippen LogP contribution in [0.25, 0.3) is 0 Å². The quantitative estimate of drug-likeness (QED) is 0.379. The first kappa shape index (κ1) is 23.6. The maximum absolute atomic E-state index is 13.1. The number of hydrogen-bond donors (Lipinski definition) is 0.